The highest BCUT2D eigenvalue weighted by molar-refractivity contribution is 9.10. The summed E-state index contributed by atoms with van der Waals surface area (Å²) in [5.74, 6) is -1.20. The molecule has 1 N–H and O–H groups in total. The molecule has 2 rings (SSSR count). The van der Waals surface area contributed by atoms with Crippen molar-refractivity contribution in [2.75, 3.05) is 13.2 Å². The Balaban J connectivity index is 1.92. The average Bonchev–Trinajstić information content (AvgIpc) is 2.68. The van der Waals surface area contributed by atoms with Gasteiger partial charge in [-0.25, -0.2) is 8.42 Å². The molecule has 0 saturated carbocycles. The van der Waals surface area contributed by atoms with Gasteiger partial charge in [-0.3, -0.25) is 9.59 Å². The number of hydrogen-bond acceptors (Lipinski definition) is 5. The van der Waals surface area contributed by atoms with Crippen LogP contribution >= 0.6 is 15.9 Å². The minimum Gasteiger partial charge on any atom is -0.455 e. The van der Waals surface area contributed by atoms with Crippen molar-refractivity contribution in [1.82, 2.24) is 9.62 Å². The number of nitrogens with one attached hydrogen (secondary N) is 1. The summed E-state index contributed by atoms with van der Waals surface area (Å²) in [6.07, 6.45) is 0. The molecular formula is C21H25BrN2O5S. The van der Waals surface area contributed by atoms with Crippen LogP contribution in [0.15, 0.2) is 64.0 Å². The lowest BCUT2D eigenvalue weighted by Crippen LogP contribution is -2.47. The molecule has 0 aliphatic rings. The monoisotopic (exact) mass is 496 g/mol. The molecule has 0 fully saturated rings. The molecule has 0 spiro atoms. The van der Waals surface area contributed by atoms with Crippen LogP contribution in [0, 0.1) is 0 Å². The lowest BCUT2D eigenvalue weighted by Gasteiger charge is -2.35. The molecule has 0 saturated heterocycles. The topological polar surface area (TPSA) is 92.8 Å². The predicted molar refractivity (Wildman–Crippen MR) is 117 cm³/mol. The van der Waals surface area contributed by atoms with E-state index in [1.54, 1.807) is 17.0 Å². The molecule has 2 aromatic rings. The molecular weight excluding hydrogens is 472 g/mol. The van der Waals surface area contributed by atoms with Gasteiger partial charge in [0.1, 0.15) is 6.54 Å². The van der Waals surface area contributed by atoms with Gasteiger partial charge in [0.05, 0.1) is 4.90 Å². The molecule has 0 aliphatic carbocycles. The van der Waals surface area contributed by atoms with Crippen LogP contribution in [0.1, 0.15) is 26.3 Å². The van der Waals surface area contributed by atoms with E-state index in [1.165, 1.54) is 12.1 Å². The minimum atomic E-state index is -3.87. The summed E-state index contributed by atoms with van der Waals surface area (Å²) in [4.78, 5) is 26.3. The molecule has 9 heteroatoms. The van der Waals surface area contributed by atoms with Gasteiger partial charge in [-0.1, -0.05) is 52.3 Å². The Morgan fingerprint density at radius 3 is 2.33 bits per heavy atom. The van der Waals surface area contributed by atoms with E-state index in [0.717, 1.165) is 5.56 Å². The number of carbonyl (C=O) groups excluding carboxylic acids is 2. The number of sulfonamides is 1. The first-order valence-corrected chi connectivity index (χ1v) is 11.5. The fourth-order valence-electron chi connectivity index (χ4n) is 2.61. The maximum Gasteiger partial charge on any atom is 0.321 e. The van der Waals surface area contributed by atoms with E-state index in [-0.39, 0.29) is 10.8 Å². The second-order valence-corrected chi connectivity index (χ2v) is 10.3. The number of benzene rings is 2. The van der Waals surface area contributed by atoms with E-state index in [4.69, 9.17) is 4.74 Å². The zero-order valence-corrected chi connectivity index (χ0v) is 19.5. The molecule has 162 valence electrons. The first kappa shape index (κ1) is 24.0. The molecule has 0 bridgehead atoms. The molecule has 7 nitrogen and oxygen atoms in total. The summed E-state index contributed by atoms with van der Waals surface area (Å²) < 4.78 is 32.3. The third-order valence-corrected chi connectivity index (χ3v) is 6.06. The number of rotatable bonds is 8. The van der Waals surface area contributed by atoms with E-state index in [1.807, 2.05) is 51.1 Å². The van der Waals surface area contributed by atoms with Crippen LogP contribution in [0.4, 0.5) is 0 Å². The standard InChI is InChI=1S/C21H25BrN2O5S/c1-21(2,3)24(14-16-8-5-4-6-9-16)19(25)15-29-20(26)13-23-30(27,28)18-11-7-10-17(22)12-18/h4-12,23H,13-15H2,1-3H3. The molecule has 0 aromatic heterocycles. The van der Waals surface area contributed by atoms with Gasteiger partial charge < -0.3 is 9.64 Å². The molecule has 0 heterocycles. The van der Waals surface area contributed by atoms with E-state index < -0.39 is 34.7 Å². The van der Waals surface area contributed by atoms with Gasteiger partial charge in [-0.05, 0) is 44.5 Å². The Morgan fingerprint density at radius 1 is 1.07 bits per heavy atom. The van der Waals surface area contributed by atoms with E-state index in [9.17, 15) is 18.0 Å². The average molecular weight is 497 g/mol. The lowest BCUT2D eigenvalue weighted by molar-refractivity contribution is -0.153. The first-order valence-electron chi connectivity index (χ1n) is 9.24. The zero-order chi connectivity index (χ0) is 22.4. The van der Waals surface area contributed by atoms with E-state index in [0.29, 0.717) is 11.0 Å². The smallest absolute Gasteiger partial charge is 0.321 e. The van der Waals surface area contributed by atoms with Crippen LogP contribution in [0.5, 0.6) is 0 Å². The van der Waals surface area contributed by atoms with Gasteiger partial charge in [0, 0.05) is 16.6 Å². The van der Waals surface area contributed by atoms with Crippen molar-refractivity contribution < 1.29 is 22.7 Å². The van der Waals surface area contributed by atoms with Crippen LogP contribution in [-0.4, -0.2) is 43.9 Å². The summed E-state index contributed by atoms with van der Waals surface area (Å²) in [5.41, 5.74) is 0.468. The number of halogens is 1. The van der Waals surface area contributed by atoms with Crippen LogP contribution < -0.4 is 4.72 Å². The Morgan fingerprint density at radius 2 is 1.73 bits per heavy atom. The maximum atomic E-state index is 12.7. The first-order chi connectivity index (χ1) is 14.0. The second kappa shape index (κ2) is 10.2. The van der Waals surface area contributed by atoms with Crippen LogP contribution in [0.3, 0.4) is 0 Å². The number of nitrogens with zero attached hydrogens (tertiary/aromatic N) is 1. The fourth-order valence-corrected chi connectivity index (χ4v) is 4.17. The van der Waals surface area contributed by atoms with E-state index >= 15 is 0 Å². The van der Waals surface area contributed by atoms with E-state index in [2.05, 4.69) is 20.7 Å². The highest BCUT2D eigenvalue weighted by Gasteiger charge is 2.27. The number of esters is 1. The maximum absolute atomic E-state index is 12.7. The van der Waals surface area contributed by atoms with Crippen molar-refractivity contribution in [3.8, 4) is 0 Å². The number of hydrogen-bond donors (Lipinski definition) is 1. The molecule has 30 heavy (non-hydrogen) atoms. The number of carbonyl (C=O) groups is 2. The molecule has 1 amide bonds. The van der Waals surface area contributed by atoms with Crippen molar-refractivity contribution in [1.29, 1.82) is 0 Å². The number of amides is 1. The normalized spacial score (nSPS) is 11.7. The molecule has 2 aromatic carbocycles. The Labute approximate surface area is 185 Å². The Bertz CT molecular complexity index is 988. The van der Waals surface area contributed by atoms with Gasteiger partial charge >= 0.3 is 5.97 Å². The summed E-state index contributed by atoms with van der Waals surface area (Å²) in [6, 6.07) is 15.6. The van der Waals surface area contributed by atoms with Crippen molar-refractivity contribution in [3.63, 3.8) is 0 Å². The summed E-state index contributed by atoms with van der Waals surface area (Å²) >= 11 is 3.20. The predicted octanol–water partition coefficient (Wildman–Crippen LogP) is 3.10. The zero-order valence-electron chi connectivity index (χ0n) is 17.1. The van der Waals surface area contributed by atoms with Crippen molar-refractivity contribution in [3.05, 3.63) is 64.6 Å². The van der Waals surface area contributed by atoms with Crippen LogP contribution in [-0.2, 0) is 30.9 Å². The quantitative estimate of drug-likeness (QED) is 0.566. The SMILES string of the molecule is CC(C)(C)N(Cc1ccccc1)C(=O)COC(=O)CNS(=O)(=O)c1cccc(Br)c1. The van der Waals surface area contributed by atoms with Gasteiger partial charge in [-0.15, -0.1) is 0 Å². The fraction of sp³-hybridized carbons (Fsp3) is 0.333. The highest BCUT2D eigenvalue weighted by atomic mass is 79.9. The summed E-state index contributed by atoms with van der Waals surface area (Å²) in [7, 11) is -3.87. The largest absolute Gasteiger partial charge is 0.455 e. The van der Waals surface area contributed by atoms with Gasteiger partial charge in [-0.2, -0.15) is 4.72 Å². The summed E-state index contributed by atoms with van der Waals surface area (Å²) in [5, 5.41) is 0. The highest BCUT2D eigenvalue weighted by Crippen LogP contribution is 2.18. The third-order valence-electron chi connectivity index (χ3n) is 4.16. The van der Waals surface area contributed by atoms with Crippen molar-refractivity contribution >= 4 is 37.8 Å². The molecule has 0 radical (unpaired) electrons. The van der Waals surface area contributed by atoms with Gasteiger partial charge in [0.15, 0.2) is 6.61 Å². The molecule has 0 unspecified atom stereocenters. The third kappa shape index (κ3) is 7.23. The van der Waals surface area contributed by atoms with Crippen LogP contribution in [0.25, 0.3) is 0 Å². The second-order valence-electron chi connectivity index (χ2n) is 7.58. The molecule has 0 aliphatic heterocycles. The minimum absolute atomic E-state index is 0.0162. The lowest BCUT2D eigenvalue weighted by atomic mass is 10.0. The van der Waals surface area contributed by atoms with Crippen LogP contribution in [0.2, 0.25) is 0 Å². The number of ether oxygens (including phenoxy) is 1. The van der Waals surface area contributed by atoms with Gasteiger partial charge in [0.25, 0.3) is 5.91 Å². The molecule has 0 atom stereocenters. The Kier molecular flexibility index (Phi) is 8.17. The summed E-state index contributed by atoms with van der Waals surface area (Å²) in [6.45, 7) is 5.00. The van der Waals surface area contributed by atoms with Gasteiger partial charge in [0.2, 0.25) is 10.0 Å². The van der Waals surface area contributed by atoms with Crippen molar-refractivity contribution in [2.24, 2.45) is 0 Å². The Hall–Kier alpha value is -2.23. The van der Waals surface area contributed by atoms with Crippen molar-refractivity contribution in [2.45, 2.75) is 37.8 Å².